The van der Waals surface area contributed by atoms with E-state index in [1.807, 2.05) is 36.5 Å². The maximum Gasteiger partial charge on any atom is 0.269 e. The molecule has 2 aromatic rings. The third kappa shape index (κ3) is 5.13. The molecule has 2 aliphatic rings. The van der Waals surface area contributed by atoms with Gasteiger partial charge < -0.3 is 15.1 Å². The quantitative estimate of drug-likeness (QED) is 0.765. The van der Waals surface area contributed by atoms with E-state index < -0.39 is 0 Å². The topological polar surface area (TPSA) is 61.4 Å². The number of allylic oxidation sites excluding steroid dienone is 1. The molecule has 6 heteroatoms. The molecule has 4 rings (SSSR count). The monoisotopic (exact) mass is 391 g/mol. The molecule has 0 saturated carbocycles. The van der Waals surface area contributed by atoms with E-state index in [2.05, 4.69) is 31.2 Å². The normalized spacial score (nSPS) is 17.0. The van der Waals surface area contributed by atoms with Gasteiger partial charge in [0.2, 0.25) is 0 Å². The third-order valence-corrected chi connectivity index (χ3v) is 5.71. The first-order valence-corrected chi connectivity index (χ1v) is 10.6. The van der Waals surface area contributed by atoms with Crippen molar-refractivity contribution in [2.75, 3.05) is 42.5 Å². The molecule has 1 amide bonds. The van der Waals surface area contributed by atoms with Crippen molar-refractivity contribution in [2.24, 2.45) is 0 Å². The summed E-state index contributed by atoms with van der Waals surface area (Å²) >= 11 is 0. The number of hydrogen-bond acceptors (Lipinski definition) is 5. The van der Waals surface area contributed by atoms with E-state index in [4.69, 9.17) is 0 Å². The van der Waals surface area contributed by atoms with E-state index in [1.54, 1.807) is 6.20 Å². The fraction of sp³-hybridized carbons (Fsp3) is 0.435. The first-order valence-electron chi connectivity index (χ1n) is 10.6. The number of nitrogens with zero attached hydrogens (tertiary/aromatic N) is 4. The minimum absolute atomic E-state index is 0.0876. The molecule has 0 bridgehead atoms. The SMILES string of the molecule is O=C(NCCC1=CCCCC1)c1cc(N2CCN(c3ccccn3)CC2)ccn1. The number of piperazine rings is 1. The summed E-state index contributed by atoms with van der Waals surface area (Å²) in [7, 11) is 0. The number of pyridine rings is 2. The van der Waals surface area contributed by atoms with E-state index >= 15 is 0 Å². The lowest BCUT2D eigenvalue weighted by Gasteiger charge is -2.36. The zero-order valence-corrected chi connectivity index (χ0v) is 16.9. The van der Waals surface area contributed by atoms with E-state index in [0.29, 0.717) is 12.2 Å². The minimum Gasteiger partial charge on any atom is -0.368 e. The van der Waals surface area contributed by atoms with Crippen LogP contribution in [0.3, 0.4) is 0 Å². The standard InChI is InChI=1S/C23H29N5O/c29-23(26-12-9-19-6-2-1-3-7-19)21-18-20(10-13-24-21)27-14-16-28(17-15-27)22-8-4-5-11-25-22/h4-6,8,10-11,13,18H,1-3,7,9,12,14-17H2,(H,26,29). The highest BCUT2D eigenvalue weighted by Gasteiger charge is 2.19. The molecule has 6 nitrogen and oxygen atoms in total. The first kappa shape index (κ1) is 19.4. The summed E-state index contributed by atoms with van der Waals surface area (Å²) in [6.45, 7) is 4.30. The molecular formula is C23H29N5O. The molecule has 1 saturated heterocycles. The summed E-state index contributed by atoms with van der Waals surface area (Å²) in [5.74, 6) is 0.936. The Morgan fingerprint density at radius 3 is 2.62 bits per heavy atom. The van der Waals surface area contributed by atoms with Gasteiger partial charge in [0.1, 0.15) is 11.5 Å². The molecule has 3 heterocycles. The predicted molar refractivity (Wildman–Crippen MR) is 116 cm³/mol. The van der Waals surface area contributed by atoms with Crippen molar-refractivity contribution in [1.82, 2.24) is 15.3 Å². The molecule has 152 valence electrons. The van der Waals surface area contributed by atoms with Crippen LogP contribution in [0.15, 0.2) is 54.4 Å². The number of carbonyl (C=O) groups is 1. The second-order valence-electron chi connectivity index (χ2n) is 7.68. The average molecular weight is 392 g/mol. The maximum absolute atomic E-state index is 12.5. The molecule has 1 fully saturated rings. The van der Waals surface area contributed by atoms with Crippen LogP contribution in [0, 0.1) is 0 Å². The van der Waals surface area contributed by atoms with Crippen molar-refractivity contribution >= 4 is 17.4 Å². The van der Waals surface area contributed by atoms with Crippen LogP contribution in [0.4, 0.5) is 11.5 Å². The summed E-state index contributed by atoms with van der Waals surface area (Å²) < 4.78 is 0. The predicted octanol–water partition coefficient (Wildman–Crippen LogP) is 3.42. The van der Waals surface area contributed by atoms with Crippen molar-refractivity contribution in [3.8, 4) is 0 Å². The molecule has 0 atom stereocenters. The second kappa shape index (κ2) is 9.54. The lowest BCUT2D eigenvalue weighted by atomic mass is 9.97. The average Bonchev–Trinajstić information content (AvgIpc) is 2.80. The van der Waals surface area contributed by atoms with Crippen LogP contribution in [0.1, 0.15) is 42.6 Å². The smallest absolute Gasteiger partial charge is 0.269 e. The van der Waals surface area contributed by atoms with Gasteiger partial charge >= 0.3 is 0 Å². The van der Waals surface area contributed by atoms with Crippen LogP contribution in [-0.2, 0) is 0 Å². The van der Waals surface area contributed by atoms with E-state index in [1.165, 1.54) is 31.3 Å². The van der Waals surface area contributed by atoms with Gasteiger partial charge in [-0.1, -0.05) is 17.7 Å². The number of nitrogens with one attached hydrogen (secondary N) is 1. The van der Waals surface area contributed by atoms with Gasteiger partial charge in [-0.25, -0.2) is 4.98 Å². The Bertz CT molecular complexity index is 843. The fourth-order valence-corrected chi connectivity index (χ4v) is 4.03. The largest absolute Gasteiger partial charge is 0.368 e. The zero-order valence-electron chi connectivity index (χ0n) is 16.9. The Morgan fingerprint density at radius 2 is 1.86 bits per heavy atom. The number of hydrogen-bond donors (Lipinski definition) is 1. The Balaban J connectivity index is 1.30. The van der Waals surface area contributed by atoms with Crippen LogP contribution in [0.25, 0.3) is 0 Å². The number of anilines is 2. The van der Waals surface area contributed by atoms with Gasteiger partial charge in [-0.3, -0.25) is 9.78 Å². The number of rotatable bonds is 6. The molecular weight excluding hydrogens is 362 g/mol. The molecule has 29 heavy (non-hydrogen) atoms. The van der Waals surface area contributed by atoms with Crippen LogP contribution in [0.2, 0.25) is 0 Å². The molecule has 2 aromatic heterocycles. The molecule has 1 aliphatic carbocycles. The van der Waals surface area contributed by atoms with Crippen LogP contribution in [-0.4, -0.2) is 48.6 Å². The van der Waals surface area contributed by atoms with Crippen LogP contribution < -0.4 is 15.1 Å². The van der Waals surface area contributed by atoms with E-state index in [0.717, 1.165) is 44.1 Å². The van der Waals surface area contributed by atoms with E-state index in [-0.39, 0.29) is 5.91 Å². The van der Waals surface area contributed by atoms with Gasteiger partial charge in [0.25, 0.3) is 5.91 Å². The molecule has 0 spiro atoms. The van der Waals surface area contributed by atoms with E-state index in [9.17, 15) is 4.79 Å². The molecule has 1 N–H and O–H groups in total. The lowest BCUT2D eigenvalue weighted by molar-refractivity contribution is 0.0949. The molecule has 0 unspecified atom stereocenters. The maximum atomic E-state index is 12.5. The minimum atomic E-state index is -0.0876. The van der Waals surface area contributed by atoms with Gasteiger partial charge in [-0.2, -0.15) is 0 Å². The highest BCUT2D eigenvalue weighted by Crippen LogP contribution is 2.21. The number of amides is 1. The Kier molecular flexibility index (Phi) is 6.39. The summed E-state index contributed by atoms with van der Waals surface area (Å²) in [4.78, 5) is 25.9. The van der Waals surface area contributed by atoms with Crippen LogP contribution >= 0.6 is 0 Å². The first-order chi connectivity index (χ1) is 14.3. The van der Waals surface area contributed by atoms with Gasteiger partial charge in [0, 0.05) is 50.8 Å². The molecule has 1 aliphatic heterocycles. The molecule has 0 radical (unpaired) electrons. The van der Waals surface area contributed by atoms with Crippen molar-refractivity contribution in [1.29, 1.82) is 0 Å². The summed E-state index contributed by atoms with van der Waals surface area (Å²) in [5, 5.41) is 3.03. The van der Waals surface area contributed by atoms with Gasteiger partial charge in [-0.15, -0.1) is 0 Å². The lowest BCUT2D eigenvalue weighted by Crippen LogP contribution is -2.46. The zero-order chi connectivity index (χ0) is 19.9. The molecule has 0 aromatic carbocycles. The Labute approximate surface area is 172 Å². The summed E-state index contributed by atoms with van der Waals surface area (Å²) in [5.41, 5.74) is 3.03. The summed E-state index contributed by atoms with van der Waals surface area (Å²) in [6.07, 6.45) is 11.8. The highest BCUT2D eigenvalue weighted by molar-refractivity contribution is 5.93. The van der Waals surface area contributed by atoms with Gasteiger partial charge in [0.05, 0.1) is 0 Å². The van der Waals surface area contributed by atoms with Gasteiger partial charge in [-0.05, 0) is 56.4 Å². The van der Waals surface area contributed by atoms with Crippen molar-refractivity contribution in [3.63, 3.8) is 0 Å². The number of aromatic nitrogens is 2. The Morgan fingerprint density at radius 1 is 1.00 bits per heavy atom. The van der Waals surface area contributed by atoms with Crippen molar-refractivity contribution in [3.05, 3.63) is 60.1 Å². The van der Waals surface area contributed by atoms with Gasteiger partial charge in [0.15, 0.2) is 0 Å². The Hall–Kier alpha value is -2.89. The van der Waals surface area contributed by atoms with Crippen molar-refractivity contribution < 1.29 is 4.79 Å². The summed E-state index contributed by atoms with van der Waals surface area (Å²) in [6, 6.07) is 9.91. The van der Waals surface area contributed by atoms with Crippen LogP contribution in [0.5, 0.6) is 0 Å². The highest BCUT2D eigenvalue weighted by atomic mass is 16.1. The van der Waals surface area contributed by atoms with Crippen molar-refractivity contribution in [2.45, 2.75) is 32.1 Å². The second-order valence-corrected chi connectivity index (χ2v) is 7.68. The number of carbonyl (C=O) groups excluding carboxylic acids is 1. The fourth-order valence-electron chi connectivity index (χ4n) is 4.03. The third-order valence-electron chi connectivity index (χ3n) is 5.71.